The topological polar surface area (TPSA) is 31.9 Å². The van der Waals surface area contributed by atoms with Crippen molar-refractivity contribution in [2.45, 2.75) is 6.92 Å². The SMILES string of the molecule is Cc1cscc1-c1c[nH]c2ncc(-c3ccc(N(C)C)cc3)cc12. The van der Waals surface area contributed by atoms with Crippen molar-refractivity contribution in [3.8, 4) is 22.3 Å². The van der Waals surface area contributed by atoms with E-state index in [1.807, 2.05) is 6.20 Å². The van der Waals surface area contributed by atoms with Crippen molar-refractivity contribution in [3.63, 3.8) is 0 Å². The fraction of sp³-hybridized carbons (Fsp3) is 0.150. The van der Waals surface area contributed by atoms with Crippen molar-refractivity contribution in [1.29, 1.82) is 0 Å². The van der Waals surface area contributed by atoms with Gasteiger partial charge in [0, 0.05) is 48.7 Å². The Bertz CT molecular complexity index is 993. The molecule has 3 heterocycles. The van der Waals surface area contributed by atoms with Gasteiger partial charge in [-0.05, 0) is 52.6 Å². The number of fused-ring (bicyclic) bond motifs is 1. The number of anilines is 1. The van der Waals surface area contributed by atoms with Crippen molar-refractivity contribution in [2.75, 3.05) is 19.0 Å². The molecule has 4 rings (SSSR count). The van der Waals surface area contributed by atoms with Gasteiger partial charge in [0.05, 0.1) is 0 Å². The Hall–Kier alpha value is -2.59. The Morgan fingerprint density at radius 1 is 1.00 bits per heavy atom. The minimum atomic E-state index is 0.935. The third-order valence-corrected chi connectivity index (χ3v) is 5.26. The average Bonchev–Trinajstić information content (AvgIpc) is 3.20. The molecule has 0 unspecified atom stereocenters. The van der Waals surface area contributed by atoms with Gasteiger partial charge in [0.15, 0.2) is 0 Å². The predicted molar refractivity (Wildman–Crippen MR) is 104 cm³/mol. The number of thiophene rings is 1. The van der Waals surface area contributed by atoms with Crippen molar-refractivity contribution in [2.24, 2.45) is 0 Å². The van der Waals surface area contributed by atoms with Crippen LogP contribution in [0.5, 0.6) is 0 Å². The van der Waals surface area contributed by atoms with Gasteiger partial charge < -0.3 is 9.88 Å². The number of hydrogen-bond acceptors (Lipinski definition) is 3. The summed E-state index contributed by atoms with van der Waals surface area (Å²) < 4.78 is 0. The molecule has 3 nitrogen and oxygen atoms in total. The zero-order valence-electron chi connectivity index (χ0n) is 14.0. The Balaban J connectivity index is 1.82. The van der Waals surface area contributed by atoms with Gasteiger partial charge >= 0.3 is 0 Å². The Morgan fingerprint density at radius 2 is 1.79 bits per heavy atom. The van der Waals surface area contributed by atoms with Crippen LogP contribution in [0.15, 0.2) is 53.5 Å². The van der Waals surface area contributed by atoms with E-state index in [0.29, 0.717) is 0 Å². The first-order valence-corrected chi connectivity index (χ1v) is 8.86. The largest absolute Gasteiger partial charge is 0.378 e. The lowest BCUT2D eigenvalue weighted by molar-refractivity contribution is 1.13. The quantitative estimate of drug-likeness (QED) is 0.549. The third kappa shape index (κ3) is 2.49. The number of pyridine rings is 1. The summed E-state index contributed by atoms with van der Waals surface area (Å²) in [5, 5.41) is 5.56. The molecular formula is C20H19N3S. The summed E-state index contributed by atoms with van der Waals surface area (Å²) in [4.78, 5) is 10.0. The van der Waals surface area contributed by atoms with Crippen molar-refractivity contribution >= 4 is 28.1 Å². The zero-order chi connectivity index (χ0) is 16.7. The highest BCUT2D eigenvalue weighted by atomic mass is 32.1. The van der Waals surface area contributed by atoms with Crippen LogP contribution in [0.3, 0.4) is 0 Å². The van der Waals surface area contributed by atoms with Crippen LogP contribution in [0, 0.1) is 6.92 Å². The summed E-state index contributed by atoms with van der Waals surface area (Å²) in [6.07, 6.45) is 4.00. The first kappa shape index (κ1) is 15.0. The van der Waals surface area contributed by atoms with Gasteiger partial charge in [-0.3, -0.25) is 0 Å². The van der Waals surface area contributed by atoms with Crippen molar-refractivity contribution in [1.82, 2.24) is 9.97 Å². The molecule has 0 aliphatic rings. The van der Waals surface area contributed by atoms with Crippen LogP contribution in [0.4, 0.5) is 5.69 Å². The van der Waals surface area contributed by atoms with Crippen LogP contribution >= 0.6 is 11.3 Å². The van der Waals surface area contributed by atoms with E-state index in [0.717, 1.165) is 11.2 Å². The molecule has 0 saturated carbocycles. The lowest BCUT2D eigenvalue weighted by Gasteiger charge is -2.12. The minimum absolute atomic E-state index is 0.935. The molecule has 0 radical (unpaired) electrons. The molecule has 0 atom stereocenters. The van der Waals surface area contributed by atoms with E-state index in [-0.39, 0.29) is 0 Å². The molecule has 0 aliphatic heterocycles. The highest BCUT2D eigenvalue weighted by molar-refractivity contribution is 7.08. The molecule has 0 fully saturated rings. The number of H-pyrrole nitrogens is 1. The number of hydrogen-bond donors (Lipinski definition) is 1. The number of benzene rings is 1. The predicted octanol–water partition coefficient (Wildman–Crippen LogP) is 5.33. The molecule has 4 aromatic rings. The second-order valence-electron chi connectivity index (χ2n) is 6.23. The average molecular weight is 333 g/mol. The summed E-state index contributed by atoms with van der Waals surface area (Å²) in [6, 6.07) is 10.8. The Labute approximate surface area is 145 Å². The monoisotopic (exact) mass is 333 g/mol. The van der Waals surface area contributed by atoms with Gasteiger partial charge in [-0.2, -0.15) is 11.3 Å². The maximum Gasteiger partial charge on any atom is 0.137 e. The highest BCUT2D eigenvalue weighted by Gasteiger charge is 2.11. The lowest BCUT2D eigenvalue weighted by Crippen LogP contribution is -2.07. The summed E-state index contributed by atoms with van der Waals surface area (Å²) in [5.74, 6) is 0. The number of nitrogens with zero attached hydrogens (tertiary/aromatic N) is 2. The molecule has 1 aromatic carbocycles. The van der Waals surface area contributed by atoms with Gasteiger partial charge in [-0.15, -0.1) is 0 Å². The van der Waals surface area contributed by atoms with E-state index in [9.17, 15) is 0 Å². The van der Waals surface area contributed by atoms with Crippen LogP contribution < -0.4 is 4.90 Å². The standard InChI is InChI=1S/C20H19N3S/c1-13-11-24-12-19(13)18-10-22-20-17(18)8-15(9-21-20)14-4-6-16(7-5-14)23(2)3/h4-12H,1-3H3,(H,21,22). The fourth-order valence-electron chi connectivity index (χ4n) is 2.97. The van der Waals surface area contributed by atoms with Crippen LogP contribution in [0.2, 0.25) is 0 Å². The normalized spacial score (nSPS) is 11.1. The number of nitrogens with one attached hydrogen (secondary N) is 1. The number of rotatable bonds is 3. The molecule has 24 heavy (non-hydrogen) atoms. The smallest absolute Gasteiger partial charge is 0.137 e. The maximum atomic E-state index is 4.61. The third-order valence-electron chi connectivity index (χ3n) is 4.39. The van der Waals surface area contributed by atoms with Gasteiger partial charge in [0.2, 0.25) is 0 Å². The highest BCUT2D eigenvalue weighted by Crippen LogP contribution is 2.34. The molecule has 0 bridgehead atoms. The molecule has 0 aliphatic carbocycles. The molecule has 0 spiro atoms. The van der Waals surface area contributed by atoms with E-state index in [1.54, 1.807) is 11.3 Å². The molecule has 4 heteroatoms. The zero-order valence-corrected chi connectivity index (χ0v) is 14.8. The number of aromatic amines is 1. The number of aromatic nitrogens is 2. The summed E-state index contributed by atoms with van der Waals surface area (Å²) in [6.45, 7) is 2.15. The van der Waals surface area contributed by atoms with Crippen LogP contribution in [-0.4, -0.2) is 24.1 Å². The van der Waals surface area contributed by atoms with Gasteiger partial charge in [0.1, 0.15) is 5.65 Å². The van der Waals surface area contributed by atoms with Gasteiger partial charge in [0.25, 0.3) is 0 Å². The first-order chi connectivity index (χ1) is 11.6. The number of aryl methyl sites for hydroxylation is 1. The second-order valence-corrected chi connectivity index (χ2v) is 6.98. The van der Waals surface area contributed by atoms with Crippen molar-refractivity contribution in [3.05, 3.63) is 59.0 Å². The van der Waals surface area contributed by atoms with Crippen LogP contribution in [0.25, 0.3) is 33.3 Å². The first-order valence-electron chi connectivity index (χ1n) is 7.91. The minimum Gasteiger partial charge on any atom is -0.378 e. The van der Waals surface area contributed by atoms with Crippen molar-refractivity contribution < 1.29 is 0 Å². The van der Waals surface area contributed by atoms with E-state index >= 15 is 0 Å². The van der Waals surface area contributed by atoms with E-state index < -0.39 is 0 Å². The second kappa shape index (κ2) is 5.80. The Kier molecular flexibility index (Phi) is 3.62. The van der Waals surface area contributed by atoms with Gasteiger partial charge in [-0.25, -0.2) is 4.98 Å². The molecule has 120 valence electrons. The molecule has 0 saturated heterocycles. The van der Waals surface area contributed by atoms with E-state index in [2.05, 4.69) is 83.2 Å². The molecule has 3 aromatic heterocycles. The lowest BCUT2D eigenvalue weighted by atomic mass is 10.0. The van der Waals surface area contributed by atoms with Crippen LogP contribution in [-0.2, 0) is 0 Å². The summed E-state index contributed by atoms with van der Waals surface area (Å²) >= 11 is 1.74. The summed E-state index contributed by atoms with van der Waals surface area (Å²) in [7, 11) is 4.11. The van der Waals surface area contributed by atoms with Gasteiger partial charge in [-0.1, -0.05) is 12.1 Å². The Morgan fingerprint density at radius 3 is 2.46 bits per heavy atom. The van der Waals surface area contributed by atoms with E-state index in [4.69, 9.17) is 0 Å². The summed E-state index contributed by atoms with van der Waals surface area (Å²) in [5.41, 5.74) is 8.27. The fourth-order valence-corrected chi connectivity index (χ4v) is 3.82. The molecule has 1 N–H and O–H groups in total. The molecular weight excluding hydrogens is 314 g/mol. The van der Waals surface area contributed by atoms with Crippen LogP contribution in [0.1, 0.15) is 5.56 Å². The maximum absolute atomic E-state index is 4.61. The van der Waals surface area contributed by atoms with E-state index in [1.165, 1.54) is 33.3 Å². The molecule has 0 amide bonds.